The van der Waals surface area contributed by atoms with Crippen LogP contribution in [0.5, 0.6) is 0 Å². The fraction of sp³-hybridized carbons (Fsp3) is 0.625. The van der Waals surface area contributed by atoms with E-state index >= 15 is 0 Å². The molecular weight excluding hydrogens is 238 g/mol. The molecule has 19 heavy (non-hydrogen) atoms. The summed E-state index contributed by atoms with van der Waals surface area (Å²) in [6.07, 6.45) is 5.58. The number of hydrogen-bond donors (Lipinski definition) is 1. The van der Waals surface area contributed by atoms with E-state index in [-0.39, 0.29) is 5.60 Å². The summed E-state index contributed by atoms with van der Waals surface area (Å²) in [6, 6.07) is 6.78. The lowest BCUT2D eigenvalue weighted by Gasteiger charge is -2.36. The van der Waals surface area contributed by atoms with Gasteiger partial charge in [-0.2, -0.15) is 0 Å². The van der Waals surface area contributed by atoms with E-state index in [1.54, 1.807) is 0 Å². The molecule has 1 aromatic rings. The standard InChI is InChI=1S/C16H23NO2/c17-12-16(6-8-18-9-7-16)19-11-13-4-5-14-2-1-3-15(14)10-13/h4-5,10H,1-3,6-9,11-12,17H2. The van der Waals surface area contributed by atoms with Crippen LogP contribution in [0.25, 0.3) is 0 Å². The number of fused-ring (bicyclic) bond motifs is 1. The number of rotatable bonds is 4. The van der Waals surface area contributed by atoms with Crippen molar-refractivity contribution in [1.82, 2.24) is 0 Å². The quantitative estimate of drug-likeness (QED) is 0.903. The van der Waals surface area contributed by atoms with Crippen molar-refractivity contribution in [2.24, 2.45) is 5.73 Å². The molecule has 1 aliphatic heterocycles. The SMILES string of the molecule is NCC1(OCc2ccc3c(c2)CCC3)CCOCC1. The van der Waals surface area contributed by atoms with Crippen LogP contribution in [0.3, 0.4) is 0 Å². The first kappa shape index (κ1) is 13.1. The van der Waals surface area contributed by atoms with Crippen LogP contribution in [-0.4, -0.2) is 25.4 Å². The molecule has 0 bridgehead atoms. The second-order valence-corrected chi connectivity index (χ2v) is 5.74. The summed E-state index contributed by atoms with van der Waals surface area (Å²) < 4.78 is 11.6. The lowest BCUT2D eigenvalue weighted by atomic mass is 9.94. The van der Waals surface area contributed by atoms with E-state index in [9.17, 15) is 0 Å². The largest absolute Gasteiger partial charge is 0.381 e. The van der Waals surface area contributed by atoms with Gasteiger partial charge in [0.15, 0.2) is 0 Å². The summed E-state index contributed by atoms with van der Waals surface area (Å²) >= 11 is 0. The third-order valence-electron chi connectivity index (χ3n) is 4.48. The molecule has 1 saturated heterocycles. The van der Waals surface area contributed by atoms with Crippen LogP contribution in [0.4, 0.5) is 0 Å². The zero-order valence-corrected chi connectivity index (χ0v) is 11.5. The maximum Gasteiger partial charge on any atom is 0.0852 e. The molecule has 2 N–H and O–H groups in total. The minimum Gasteiger partial charge on any atom is -0.381 e. The lowest BCUT2D eigenvalue weighted by molar-refractivity contribution is -0.112. The Morgan fingerprint density at radius 3 is 2.74 bits per heavy atom. The first-order chi connectivity index (χ1) is 9.31. The molecule has 0 unspecified atom stereocenters. The highest BCUT2D eigenvalue weighted by atomic mass is 16.5. The topological polar surface area (TPSA) is 44.5 Å². The molecule has 0 spiro atoms. The van der Waals surface area contributed by atoms with Crippen molar-refractivity contribution in [3.63, 3.8) is 0 Å². The predicted octanol–water partition coefficient (Wildman–Crippen LogP) is 2.20. The molecular formula is C16H23NO2. The van der Waals surface area contributed by atoms with Gasteiger partial charge in [0.05, 0.1) is 12.2 Å². The maximum absolute atomic E-state index is 6.16. The molecule has 0 saturated carbocycles. The zero-order chi connectivity index (χ0) is 13.1. The molecule has 3 nitrogen and oxygen atoms in total. The van der Waals surface area contributed by atoms with Gasteiger partial charge in [0.25, 0.3) is 0 Å². The second kappa shape index (κ2) is 5.61. The highest BCUT2D eigenvalue weighted by molar-refractivity contribution is 5.35. The van der Waals surface area contributed by atoms with Crippen LogP contribution in [0, 0.1) is 0 Å². The number of hydrogen-bond acceptors (Lipinski definition) is 3. The van der Waals surface area contributed by atoms with Gasteiger partial charge in [0, 0.05) is 32.6 Å². The summed E-state index contributed by atoms with van der Waals surface area (Å²) in [7, 11) is 0. The Kier molecular flexibility index (Phi) is 3.87. The van der Waals surface area contributed by atoms with Crippen molar-refractivity contribution >= 4 is 0 Å². The van der Waals surface area contributed by atoms with Crippen LogP contribution in [0.1, 0.15) is 36.0 Å². The highest BCUT2D eigenvalue weighted by Crippen LogP contribution is 2.27. The van der Waals surface area contributed by atoms with Crippen LogP contribution >= 0.6 is 0 Å². The van der Waals surface area contributed by atoms with Crippen molar-refractivity contribution in [3.8, 4) is 0 Å². The molecule has 0 atom stereocenters. The Bertz CT molecular complexity index is 438. The summed E-state index contributed by atoms with van der Waals surface area (Å²) in [5, 5.41) is 0. The van der Waals surface area contributed by atoms with Crippen molar-refractivity contribution in [1.29, 1.82) is 0 Å². The summed E-state index contributed by atoms with van der Waals surface area (Å²) in [6.45, 7) is 2.79. The van der Waals surface area contributed by atoms with Gasteiger partial charge in [-0.1, -0.05) is 18.2 Å². The number of ether oxygens (including phenoxy) is 2. The first-order valence-corrected chi connectivity index (χ1v) is 7.34. The zero-order valence-electron chi connectivity index (χ0n) is 11.5. The van der Waals surface area contributed by atoms with Crippen molar-refractivity contribution in [2.75, 3.05) is 19.8 Å². The normalized spacial score (nSPS) is 21.3. The third-order valence-corrected chi connectivity index (χ3v) is 4.48. The molecule has 3 rings (SSSR count). The van der Waals surface area contributed by atoms with Crippen LogP contribution in [0.2, 0.25) is 0 Å². The summed E-state index contributed by atoms with van der Waals surface area (Å²) in [5.74, 6) is 0. The van der Waals surface area contributed by atoms with E-state index < -0.39 is 0 Å². The van der Waals surface area contributed by atoms with E-state index in [0.717, 1.165) is 26.1 Å². The van der Waals surface area contributed by atoms with Crippen molar-refractivity contribution in [3.05, 3.63) is 34.9 Å². The fourth-order valence-electron chi connectivity index (χ4n) is 3.10. The molecule has 0 aromatic heterocycles. The van der Waals surface area contributed by atoms with Gasteiger partial charge in [-0.05, 0) is 36.0 Å². The van der Waals surface area contributed by atoms with E-state index in [1.807, 2.05) is 0 Å². The average molecular weight is 261 g/mol. The maximum atomic E-state index is 6.16. The Morgan fingerprint density at radius 1 is 1.16 bits per heavy atom. The molecule has 1 heterocycles. The van der Waals surface area contributed by atoms with Gasteiger partial charge >= 0.3 is 0 Å². The molecule has 1 fully saturated rings. The minimum absolute atomic E-state index is 0.169. The van der Waals surface area contributed by atoms with E-state index in [1.165, 1.54) is 36.0 Å². The lowest BCUT2D eigenvalue weighted by Crippen LogP contribution is -2.45. The van der Waals surface area contributed by atoms with Crippen molar-refractivity contribution in [2.45, 2.75) is 44.3 Å². The van der Waals surface area contributed by atoms with E-state index in [0.29, 0.717) is 13.2 Å². The second-order valence-electron chi connectivity index (χ2n) is 5.74. The highest BCUT2D eigenvalue weighted by Gasteiger charge is 2.32. The number of nitrogens with two attached hydrogens (primary N) is 1. The smallest absolute Gasteiger partial charge is 0.0852 e. The molecule has 3 heteroatoms. The molecule has 1 aromatic carbocycles. The van der Waals surface area contributed by atoms with Crippen LogP contribution < -0.4 is 5.73 Å². The van der Waals surface area contributed by atoms with Gasteiger partial charge in [-0.15, -0.1) is 0 Å². The van der Waals surface area contributed by atoms with Gasteiger partial charge in [0.2, 0.25) is 0 Å². The Morgan fingerprint density at radius 2 is 1.95 bits per heavy atom. The van der Waals surface area contributed by atoms with Crippen LogP contribution in [0.15, 0.2) is 18.2 Å². The summed E-state index contributed by atoms with van der Waals surface area (Å²) in [4.78, 5) is 0. The molecule has 1 aliphatic carbocycles. The van der Waals surface area contributed by atoms with E-state index in [4.69, 9.17) is 15.2 Å². The Hall–Kier alpha value is -0.900. The Labute approximate surface area is 115 Å². The average Bonchev–Trinajstić information content (AvgIpc) is 2.93. The van der Waals surface area contributed by atoms with Gasteiger partial charge in [-0.25, -0.2) is 0 Å². The van der Waals surface area contributed by atoms with Crippen molar-refractivity contribution < 1.29 is 9.47 Å². The van der Waals surface area contributed by atoms with Gasteiger partial charge in [-0.3, -0.25) is 0 Å². The molecule has 104 valence electrons. The fourth-order valence-corrected chi connectivity index (χ4v) is 3.10. The number of aryl methyl sites for hydroxylation is 2. The molecule has 2 aliphatic rings. The van der Waals surface area contributed by atoms with Gasteiger partial charge < -0.3 is 15.2 Å². The summed E-state index contributed by atoms with van der Waals surface area (Å²) in [5.41, 5.74) is 10.0. The Balaban J connectivity index is 1.65. The first-order valence-electron chi connectivity index (χ1n) is 7.34. The molecule has 0 radical (unpaired) electrons. The monoisotopic (exact) mass is 261 g/mol. The predicted molar refractivity (Wildman–Crippen MR) is 75.1 cm³/mol. The van der Waals surface area contributed by atoms with Gasteiger partial charge in [0.1, 0.15) is 0 Å². The third kappa shape index (κ3) is 2.83. The molecule has 0 amide bonds. The van der Waals surface area contributed by atoms with Crippen LogP contribution in [-0.2, 0) is 28.9 Å². The number of benzene rings is 1. The van der Waals surface area contributed by atoms with E-state index in [2.05, 4.69) is 18.2 Å². The minimum atomic E-state index is -0.169.